The van der Waals surface area contributed by atoms with Crippen molar-refractivity contribution in [3.05, 3.63) is 58.7 Å². The van der Waals surface area contributed by atoms with Gasteiger partial charge in [0.1, 0.15) is 0 Å². The number of allylic oxidation sites excluding steroid dienone is 9. The van der Waals surface area contributed by atoms with Crippen LogP contribution >= 0.6 is 0 Å². The highest BCUT2D eigenvalue weighted by molar-refractivity contribution is 6.76. The summed E-state index contributed by atoms with van der Waals surface area (Å²) in [7, 11) is -1.16. The third-order valence-electron chi connectivity index (χ3n) is 5.22. The molecule has 0 aromatic heterocycles. The monoisotopic (exact) mass is 400 g/mol. The summed E-state index contributed by atoms with van der Waals surface area (Å²) in [4.78, 5) is 11.9. The van der Waals surface area contributed by atoms with Gasteiger partial charge in [-0.1, -0.05) is 75.0 Å². The van der Waals surface area contributed by atoms with E-state index in [0.717, 1.165) is 11.6 Å². The van der Waals surface area contributed by atoms with E-state index in [1.807, 2.05) is 19.1 Å². The van der Waals surface area contributed by atoms with Crippen LogP contribution in [0.2, 0.25) is 25.7 Å². The molecule has 1 rings (SSSR count). The molecule has 0 aliphatic heterocycles. The molecule has 1 aliphatic rings. The second-order valence-corrected chi connectivity index (χ2v) is 15.5. The molecule has 0 aromatic rings. The van der Waals surface area contributed by atoms with Crippen molar-refractivity contribution in [2.75, 3.05) is 6.61 Å². The van der Waals surface area contributed by atoms with Gasteiger partial charge in [0.25, 0.3) is 0 Å². The zero-order valence-electron chi connectivity index (χ0n) is 19.3. The Balaban J connectivity index is 2.61. The second-order valence-electron chi connectivity index (χ2n) is 9.90. The van der Waals surface area contributed by atoms with Crippen molar-refractivity contribution >= 4 is 14.0 Å². The summed E-state index contributed by atoms with van der Waals surface area (Å²) in [6.07, 6.45) is 15.8. The predicted octanol–water partition coefficient (Wildman–Crippen LogP) is 7.40. The molecule has 156 valence electrons. The maximum Gasteiger partial charge on any atom is 0.330 e. The van der Waals surface area contributed by atoms with Crippen molar-refractivity contribution in [2.24, 2.45) is 5.41 Å². The second kappa shape index (κ2) is 10.8. The largest absolute Gasteiger partial charge is 0.463 e. The Kier molecular flexibility index (Phi) is 9.42. The molecule has 0 radical (unpaired) electrons. The van der Waals surface area contributed by atoms with E-state index >= 15 is 0 Å². The fraction of sp³-hybridized carbons (Fsp3) is 0.560. The zero-order chi connectivity index (χ0) is 21.4. The highest BCUT2D eigenvalue weighted by Crippen LogP contribution is 2.40. The van der Waals surface area contributed by atoms with E-state index in [0.29, 0.717) is 6.61 Å². The average Bonchev–Trinajstić information content (AvgIpc) is 2.52. The highest BCUT2D eigenvalue weighted by Gasteiger charge is 2.26. The van der Waals surface area contributed by atoms with Crippen molar-refractivity contribution in [2.45, 2.75) is 79.6 Å². The van der Waals surface area contributed by atoms with Gasteiger partial charge in [0.15, 0.2) is 0 Å². The van der Waals surface area contributed by atoms with Gasteiger partial charge in [0.2, 0.25) is 0 Å². The van der Waals surface area contributed by atoms with Crippen molar-refractivity contribution in [1.29, 1.82) is 0 Å². The lowest BCUT2D eigenvalue weighted by Gasteiger charge is -2.32. The molecule has 0 bridgehead atoms. The maximum atomic E-state index is 11.9. The molecule has 0 unspecified atom stereocenters. The van der Waals surface area contributed by atoms with Crippen molar-refractivity contribution < 1.29 is 9.53 Å². The van der Waals surface area contributed by atoms with Crippen LogP contribution in [-0.4, -0.2) is 20.7 Å². The fourth-order valence-electron chi connectivity index (χ4n) is 3.37. The van der Waals surface area contributed by atoms with E-state index in [-0.39, 0.29) is 11.4 Å². The van der Waals surface area contributed by atoms with Gasteiger partial charge >= 0.3 is 5.97 Å². The van der Waals surface area contributed by atoms with Gasteiger partial charge in [-0.15, -0.1) is 0 Å². The van der Waals surface area contributed by atoms with Gasteiger partial charge in [-0.25, -0.2) is 4.79 Å². The Hall–Kier alpha value is -1.61. The SMILES string of the molecule is CC(C=CC1=C(C)CCCC1(C)C)=CC=CC(C)=CC(=O)OCC[Si](C)(C)C. The van der Waals surface area contributed by atoms with Crippen molar-refractivity contribution in [3.63, 3.8) is 0 Å². The maximum absolute atomic E-state index is 11.9. The number of esters is 1. The van der Waals surface area contributed by atoms with E-state index in [1.54, 1.807) is 6.08 Å². The molecule has 0 saturated carbocycles. The zero-order valence-corrected chi connectivity index (χ0v) is 20.3. The van der Waals surface area contributed by atoms with Crippen LogP contribution in [0.25, 0.3) is 0 Å². The number of carbonyl (C=O) groups excluding carboxylic acids is 1. The molecule has 0 aromatic carbocycles. The Morgan fingerprint density at radius 3 is 2.43 bits per heavy atom. The Bertz CT molecular complexity index is 695. The summed E-state index contributed by atoms with van der Waals surface area (Å²) < 4.78 is 5.31. The van der Waals surface area contributed by atoms with Crippen LogP contribution in [0.5, 0.6) is 0 Å². The van der Waals surface area contributed by atoms with Crippen LogP contribution in [0, 0.1) is 5.41 Å². The first kappa shape index (κ1) is 24.4. The van der Waals surface area contributed by atoms with Crippen LogP contribution in [0.4, 0.5) is 0 Å². The number of hydrogen-bond acceptors (Lipinski definition) is 2. The first-order valence-electron chi connectivity index (χ1n) is 10.5. The van der Waals surface area contributed by atoms with E-state index in [4.69, 9.17) is 4.74 Å². The minimum Gasteiger partial charge on any atom is -0.463 e. The lowest BCUT2D eigenvalue weighted by molar-refractivity contribution is -0.137. The Morgan fingerprint density at radius 2 is 1.82 bits per heavy atom. The lowest BCUT2D eigenvalue weighted by atomic mass is 9.72. The van der Waals surface area contributed by atoms with Crippen molar-refractivity contribution in [3.8, 4) is 0 Å². The van der Waals surface area contributed by atoms with Crippen LogP contribution in [0.3, 0.4) is 0 Å². The molecule has 0 spiro atoms. The van der Waals surface area contributed by atoms with E-state index in [2.05, 4.69) is 65.6 Å². The molecule has 1 aliphatic carbocycles. The molecule has 0 amide bonds. The number of hydrogen-bond donors (Lipinski definition) is 0. The highest BCUT2D eigenvalue weighted by atomic mass is 28.3. The van der Waals surface area contributed by atoms with Gasteiger partial charge in [0, 0.05) is 14.1 Å². The van der Waals surface area contributed by atoms with Gasteiger partial charge in [-0.05, 0) is 62.6 Å². The summed E-state index contributed by atoms with van der Waals surface area (Å²) in [6, 6.07) is 1.00. The summed E-state index contributed by atoms with van der Waals surface area (Å²) in [5, 5.41) is 0. The average molecular weight is 401 g/mol. The number of ether oxygens (including phenoxy) is 1. The first-order valence-corrected chi connectivity index (χ1v) is 14.2. The molecular formula is C25H40O2Si. The summed E-state index contributed by atoms with van der Waals surface area (Å²) in [5.74, 6) is -0.247. The molecule has 2 nitrogen and oxygen atoms in total. The van der Waals surface area contributed by atoms with Gasteiger partial charge in [0.05, 0.1) is 6.61 Å². The van der Waals surface area contributed by atoms with Crippen molar-refractivity contribution in [1.82, 2.24) is 0 Å². The Morgan fingerprint density at radius 1 is 1.14 bits per heavy atom. The van der Waals surface area contributed by atoms with Gasteiger partial charge in [-0.3, -0.25) is 0 Å². The minimum absolute atomic E-state index is 0.247. The molecule has 0 heterocycles. The van der Waals surface area contributed by atoms with E-state index in [1.165, 1.54) is 36.0 Å². The summed E-state index contributed by atoms with van der Waals surface area (Å²) in [6.45, 7) is 18.3. The number of carbonyl (C=O) groups is 1. The normalized spacial score (nSPS) is 19.0. The quantitative estimate of drug-likeness (QED) is 0.184. The third-order valence-corrected chi connectivity index (χ3v) is 6.92. The lowest BCUT2D eigenvalue weighted by Crippen LogP contribution is -2.22. The molecule has 0 atom stereocenters. The molecule has 0 saturated heterocycles. The first-order chi connectivity index (χ1) is 12.9. The summed E-state index contributed by atoms with van der Waals surface area (Å²) in [5.41, 5.74) is 5.36. The van der Waals surface area contributed by atoms with E-state index in [9.17, 15) is 4.79 Å². The molecule has 28 heavy (non-hydrogen) atoms. The van der Waals surface area contributed by atoms with Gasteiger partial charge in [-0.2, -0.15) is 0 Å². The van der Waals surface area contributed by atoms with Crippen LogP contribution in [0.15, 0.2) is 58.7 Å². The van der Waals surface area contributed by atoms with Crippen LogP contribution < -0.4 is 0 Å². The van der Waals surface area contributed by atoms with Crippen LogP contribution in [-0.2, 0) is 9.53 Å². The molecule has 0 N–H and O–H groups in total. The third kappa shape index (κ3) is 9.54. The molecular weight excluding hydrogens is 360 g/mol. The smallest absolute Gasteiger partial charge is 0.330 e. The van der Waals surface area contributed by atoms with Gasteiger partial charge < -0.3 is 4.74 Å². The molecule has 0 fully saturated rings. The minimum atomic E-state index is -1.16. The topological polar surface area (TPSA) is 26.3 Å². The Labute approximate surface area is 174 Å². The molecule has 3 heteroatoms. The number of rotatable bonds is 8. The van der Waals surface area contributed by atoms with E-state index < -0.39 is 8.07 Å². The fourth-order valence-corrected chi connectivity index (χ4v) is 4.08. The van der Waals surface area contributed by atoms with Crippen LogP contribution in [0.1, 0.15) is 53.9 Å². The summed E-state index contributed by atoms with van der Waals surface area (Å²) >= 11 is 0. The predicted molar refractivity (Wildman–Crippen MR) is 125 cm³/mol. The standard InChI is InChI=1S/C25H40O2Si/c1-20(14-15-23-22(3)13-10-16-25(23,4)5)11-9-12-21(2)19-24(26)27-17-18-28(6,7)8/h9,11-12,14-15,19H,10,13,16-18H2,1-8H3.